The average molecular weight is 170 g/mol. The molecule has 0 bridgehead atoms. The Morgan fingerprint density at radius 3 is 1.92 bits per heavy atom. The monoisotopic (exact) mass is 170 g/mol. The zero-order valence-electron chi connectivity index (χ0n) is 9.27. The minimum absolute atomic E-state index is 0.132. The lowest BCUT2D eigenvalue weighted by atomic mass is 9.69. The van der Waals surface area contributed by atoms with Crippen LogP contribution in [0.4, 0.5) is 0 Å². The molecule has 0 radical (unpaired) electrons. The van der Waals surface area contributed by atoms with Crippen molar-refractivity contribution in [3.05, 3.63) is 0 Å². The summed E-state index contributed by atoms with van der Waals surface area (Å²) in [5.74, 6) is 1.12. The SMILES string of the molecule is CCC(=O)C(C)C(C)(C)C(C)C. The van der Waals surface area contributed by atoms with Crippen LogP contribution in [0.5, 0.6) is 0 Å². The van der Waals surface area contributed by atoms with Gasteiger partial charge in [0.15, 0.2) is 0 Å². The number of rotatable bonds is 4. The molecular weight excluding hydrogens is 148 g/mol. The summed E-state index contributed by atoms with van der Waals surface area (Å²) in [6.07, 6.45) is 0.664. The molecule has 0 aromatic heterocycles. The first-order valence-electron chi connectivity index (χ1n) is 4.86. The summed E-state index contributed by atoms with van der Waals surface area (Å²) in [6, 6.07) is 0. The second kappa shape index (κ2) is 4.06. The quantitative estimate of drug-likeness (QED) is 0.632. The Kier molecular flexibility index (Phi) is 3.95. The predicted octanol–water partition coefficient (Wildman–Crippen LogP) is 3.28. The Balaban J connectivity index is 4.45. The summed E-state index contributed by atoms with van der Waals surface area (Å²) in [6.45, 7) is 12.7. The van der Waals surface area contributed by atoms with Gasteiger partial charge in [-0.25, -0.2) is 0 Å². The van der Waals surface area contributed by atoms with Crippen molar-refractivity contribution in [1.82, 2.24) is 0 Å². The normalized spacial score (nSPS) is 14.9. The van der Waals surface area contributed by atoms with Crippen LogP contribution in [-0.4, -0.2) is 5.78 Å². The Labute approximate surface area is 76.6 Å². The van der Waals surface area contributed by atoms with Crippen molar-refractivity contribution >= 4 is 5.78 Å². The first kappa shape index (κ1) is 11.7. The molecule has 0 rings (SSSR count). The number of hydrogen-bond acceptors (Lipinski definition) is 1. The van der Waals surface area contributed by atoms with Gasteiger partial charge in [0.2, 0.25) is 0 Å². The van der Waals surface area contributed by atoms with Gasteiger partial charge in [0.05, 0.1) is 0 Å². The molecule has 0 saturated heterocycles. The van der Waals surface area contributed by atoms with Crippen molar-refractivity contribution in [3.8, 4) is 0 Å². The van der Waals surface area contributed by atoms with Crippen LogP contribution in [-0.2, 0) is 4.79 Å². The Hall–Kier alpha value is -0.330. The lowest BCUT2D eigenvalue weighted by molar-refractivity contribution is -0.126. The van der Waals surface area contributed by atoms with Crippen molar-refractivity contribution in [1.29, 1.82) is 0 Å². The fraction of sp³-hybridized carbons (Fsp3) is 0.909. The molecule has 0 aliphatic heterocycles. The van der Waals surface area contributed by atoms with E-state index in [1.807, 2.05) is 13.8 Å². The minimum atomic E-state index is 0.132. The molecule has 0 aliphatic rings. The van der Waals surface area contributed by atoms with Crippen molar-refractivity contribution in [3.63, 3.8) is 0 Å². The van der Waals surface area contributed by atoms with E-state index in [0.29, 0.717) is 18.1 Å². The summed E-state index contributed by atoms with van der Waals surface area (Å²) < 4.78 is 0. The van der Waals surface area contributed by atoms with E-state index in [4.69, 9.17) is 0 Å². The first-order valence-corrected chi connectivity index (χ1v) is 4.86. The third-order valence-corrected chi connectivity index (χ3v) is 3.44. The number of carbonyl (C=O) groups excluding carboxylic acids is 1. The fourth-order valence-electron chi connectivity index (χ4n) is 1.22. The maximum atomic E-state index is 11.5. The van der Waals surface area contributed by atoms with Gasteiger partial charge in [0, 0.05) is 12.3 Å². The molecule has 0 aromatic rings. The summed E-state index contributed by atoms with van der Waals surface area (Å²) in [5.41, 5.74) is 0.132. The van der Waals surface area contributed by atoms with Crippen LogP contribution in [0.3, 0.4) is 0 Å². The Bertz CT molecular complexity index is 156. The fourth-order valence-corrected chi connectivity index (χ4v) is 1.22. The zero-order valence-corrected chi connectivity index (χ0v) is 9.27. The number of hydrogen-bond donors (Lipinski definition) is 0. The number of ketones is 1. The number of Topliss-reactive ketones (excluding diaryl/α,β-unsaturated/α-hetero) is 1. The average Bonchev–Trinajstić information content (AvgIpc) is 2.01. The molecule has 0 fully saturated rings. The minimum Gasteiger partial charge on any atom is -0.299 e. The highest BCUT2D eigenvalue weighted by molar-refractivity contribution is 5.81. The first-order chi connectivity index (χ1) is 5.34. The van der Waals surface area contributed by atoms with Crippen LogP contribution in [0, 0.1) is 17.3 Å². The second-order valence-corrected chi connectivity index (χ2v) is 4.52. The second-order valence-electron chi connectivity index (χ2n) is 4.52. The van der Waals surface area contributed by atoms with Crippen molar-refractivity contribution < 1.29 is 4.79 Å². The van der Waals surface area contributed by atoms with Crippen molar-refractivity contribution in [2.75, 3.05) is 0 Å². The molecule has 0 aromatic carbocycles. The van der Waals surface area contributed by atoms with Gasteiger partial charge in [-0.2, -0.15) is 0 Å². The van der Waals surface area contributed by atoms with Gasteiger partial charge in [0.1, 0.15) is 5.78 Å². The van der Waals surface area contributed by atoms with Crippen LogP contribution in [0.25, 0.3) is 0 Å². The van der Waals surface area contributed by atoms with E-state index in [1.165, 1.54) is 0 Å². The van der Waals surface area contributed by atoms with Gasteiger partial charge in [-0.3, -0.25) is 4.79 Å². The molecule has 1 nitrogen and oxygen atoms in total. The van der Waals surface area contributed by atoms with Crippen LogP contribution in [0.15, 0.2) is 0 Å². The van der Waals surface area contributed by atoms with Gasteiger partial charge in [-0.1, -0.05) is 41.5 Å². The standard InChI is InChI=1S/C11H22O/c1-7-10(12)9(4)11(5,6)8(2)3/h8-9H,7H2,1-6H3. The molecule has 0 heterocycles. The predicted molar refractivity (Wildman–Crippen MR) is 53.1 cm³/mol. The highest BCUT2D eigenvalue weighted by atomic mass is 16.1. The molecule has 72 valence electrons. The van der Waals surface area contributed by atoms with Gasteiger partial charge in [-0.05, 0) is 11.3 Å². The zero-order chi connectivity index (χ0) is 9.94. The lowest BCUT2D eigenvalue weighted by Crippen LogP contribution is -2.32. The third kappa shape index (κ3) is 2.33. The van der Waals surface area contributed by atoms with E-state index >= 15 is 0 Å². The molecule has 12 heavy (non-hydrogen) atoms. The Morgan fingerprint density at radius 2 is 1.67 bits per heavy atom. The number of carbonyl (C=O) groups is 1. The molecule has 0 aliphatic carbocycles. The van der Waals surface area contributed by atoms with Crippen LogP contribution >= 0.6 is 0 Å². The molecule has 0 N–H and O–H groups in total. The van der Waals surface area contributed by atoms with E-state index in [9.17, 15) is 4.79 Å². The summed E-state index contributed by atoms with van der Waals surface area (Å²) in [7, 11) is 0. The van der Waals surface area contributed by atoms with Crippen LogP contribution < -0.4 is 0 Å². The summed E-state index contributed by atoms with van der Waals surface area (Å²) in [5, 5.41) is 0. The molecule has 0 saturated carbocycles. The summed E-state index contributed by atoms with van der Waals surface area (Å²) in [4.78, 5) is 11.5. The molecule has 1 atom stereocenters. The van der Waals surface area contributed by atoms with Gasteiger partial charge >= 0.3 is 0 Å². The van der Waals surface area contributed by atoms with E-state index in [2.05, 4.69) is 27.7 Å². The van der Waals surface area contributed by atoms with Gasteiger partial charge < -0.3 is 0 Å². The van der Waals surface area contributed by atoms with E-state index < -0.39 is 0 Å². The molecule has 0 amide bonds. The van der Waals surface area contributed by atoms with Crippen molar-refractivity contribution in [2.45, 2.75) is 48.0 Å². The molecular formula is C11H22O. The van der Waals surface area contributed by atoms with Gasteiger partial charge in [0.25, 0.3) is 0 Å². The molecule has 1 unspecified atom stereocenters. The van der Waals surface area contributed by atoms with Crippen molar-refractivity contribution in [2.24, 2.45) is 17.3 Å². The van der Waals surface area contributed by atoms with Gasteiger partial charge in [-0.15, -0.1) is 0 Å². The van der Waals surface area contributed by atoms with E-state index in [1.54, 1.807) is 0 Å². The smallest absolute Gasteiger partial charge is 0.135 e. The third-order valence-electron chi connectivity index (χ3n) is 3.44. The highest BCUT2D eigenvalue weighted by Crippen LogP contribution is 2.35. The largest absolute Gasteiger partial charge is 0.299 e. The lowest BCUT2D eigenvalue weighted by Gasteiger charge is -2.34. The summed E-state index contributed by atoms with van der Waals surface area (Å²) >= 11 is 0. The van der Waals surface area contributed by atoms with Crippen LogP contribution in [0.2, 0.25) is 0 Å². The maximum absolute atomic E-state index is 11.5. The van der Waals surface area contributed by atoms with Crippen LogP contribution in [0.1, 0.15) is 48.0 Å². The molecule has 1 heteroatoms. The Morgan fingerprint density at radius 1 is 1.25 bits per heavy atom. The van der Waals surface area contributed by atoms with E-state index in [-0.39, 0.29) is 11.3 Å². The topological polar surface area (TPSA) is 17.1 Å². The molecule has 0 spiro atoms. The van der Waals surface area contributed by atoms with E-state index in [0.717, 1.165) is 0 Å². The highest BCUT2D eigenvalue weighted by Gasteiger charge is 2.32. The maximum Gasteiger partial charge on any atom is 0.135 e.